The van der Waals surface area contributed by atoms with Crippen LogP contribution in [0.1, 0.15) is 19.8 Å². The number of sulfonamides is 1. The highest BCUT2D eigenvalue weighted by atomic mass is 32.2. The third-order valence-corrected chi connectivity index (χ3v) is 3.62. The average molecular weight is 244 g/mol. The molecule has 0 aliphatic rings. The minimum atomic E-state index is -3.98. The zero-order valence-electron chi connectivity index (χ0n) is 8.67. The second kappa shape index (κ2) is 6.11. The van der Waals surface area contributed by atoms with Gasteiger partial charge in [-0.05, 0) is 6.42 Å². The van der Waals surface area contributed by atoms with E-state index in [0.29, 0.717) is 0 Å². The zero-order chi connectivity index (χ0) is 12.8. The Morgan fingerprint density at radius 3 is 2.50 bits per heavy atom. The summed E-state index contributed by atoms with van der Waals surface area (Å²) >= 11 is 0. The molecule has 2 unspecified atom stereocenters. The Balaban J connectivity index is 4.89. The summed E-state index contributed by atoms with van der Waals surface area (Å²) in [7, 11) is -3.98. The van der Waals surface area contributed by atoms with Gasteiger partial charge in [0.05, 0.1) is 6.07 Å². The maximum absolute atomic E-state index is 11.5. The van der Waals surface area contributed by atoms with Crippen molar-refractivity contribution < 1.29 is 18.3 Å². The van der Waals surface area contributed by atoms with E-state index in [0.717, 1.165) is 0 Å². The molecule has 7 heteroatoms. The maximum Gasteiger partial charge on any atom is 0.322 e. The van der Waals surface area contributed by atoms with Crippen LogP contribution in [-0.2, 0) is 14.8 Å². The molecule has 0 saturated carbocycles. The molecule has 0 saturated heterocycles. The number of nitriles is 1. The molecule has 0 aliphatic heterocycles. The first kappa shape index (κ1) is 14.4. The van der Waals surface area contributed by atoms with Gasteiger partial charge in [-0.2, -0.15) is 9.98 Å². The monoisotopic (exact) mass is 244 g/mol. The number of hydrogen-bond donors (Lipinski definition) is 2. The van der Waals surface area contributed by atoms with E-state index in [9.17, 15) is 13.2 Å². The normalized spacial score (nSPS) is 14.4. The van der Waals surface area contributed by atoms with Gasteiger partial charge in [-0.3, -0.25) is 4.79 Å². The first-order valence-corrected chi connectivity index (χ1v) is 6.00. The second-order valence-corrected chi connectivity index (χ2v) is 4.88. The van der Waals surface area contributed by atoms with Gasteiger partial charge in [0.25, 0.3) is 0 Å². The molecule has 0 rings (SSSR count). The summed E-state index contributed by atoms with van der Waals surface area (Å²) in [5.74, 6) is 0.690. The predicted molar refractivity (Wildman–Crippen MR) is 56.6 cm³/mol. The summed E-state index contributed by atoms with van der Waals surface area (Å²) in [5.41, 5.74) is 0. The zero-order valence-corrected chi connectivity index (χ0v) is 9.49. The fourth-order valence-corrected chi connectivity index (χ4v) is 2.28. The van der Waals surface area contributed by atoms with E-state index < -0.39 is 27.3 Å². The van der Waals surface area contributed by atoms with Crippen LogP contribution in [-0.4, -0.2) is 30.8 Å². The number of carboxylic acid groups (broad SMARTS) is 1. The lowest BCUT2D eigenvalue weighted by Crippen LogP contribution is -2.44. The average Bonchev–Trinajstić information content (AvgIpc) is 2.18. The third kappa shape index (κ3) is 3.89. The second-order valence-electron chi connectivity index (χ2n) is 2.99. The van der Waals surface area contributed by atoms with E-state index in [1.54, 1.807) is 6.07 Å². The molecule has 16 heavy (non-hydrogen) atoms. The topological polar surface area (TPSA) is 107 Å². The van der Waals surface area contributed by atoms with Crippen molar-refractivity contribution in [2.24, 2.45) is 0 Å². The highest BCUT2D eigenvalue weighted by Crippen LogP contribution is 2.05. The van der Waals surface area contributed by atoms with Crippen LogP contribution in [0.4, 0.5) is 0 Å². The molecule has 2 atom stereocenters. The van der Waals surface area contributed by atoms with Crippen LogP contribution in [0.15, 0.2) is 0 Å². The summed E-state index contributed by atoms with van der Waals surface area (Å²) in [6.07, 6.45) is 4.72. The molecule has 0 aliphatic carbocycles. The fraction of sp³-hybridized carbons (Fsp3) is 0.556. The number of rotatable bonds is 6. The Bertz CT molecular complexity index is 429. The van der Waals surface area contributed by atoms with E-state index in [2.05, 4.69) is 5.92 Å². The van der Waals surface area contributed by atoms with Crippen LogP contribution >= 0.6 is 0 Å². The van der Waals surface area contributed by atoms with Crippen LogP contribution in [0.5, 0.6) is 0 Å². The number of terminal acetylenes is 1. The minimum absolute atomic E-state index is 0.0776. The molecular formula is C9H12N2O4S. The fourth-order valence-electron chi connectivity index (χ4n) is 0.958. The van der Waals surface area contributed by atoms with Crippen molar-refractivity contribution in [2.75, 3.05) is 0 Å². The molecule has 0 aromatic carbocycles. The molecule has 0 bridgehead atoms. The van der Waals surface area contributed by atoms with Crippen molar-refractivity contribution >= 4 is 16.0 Å². The lowest BCUT2D eigenvalue weighted by Gasteiger charge is -2.14. The van der Waals surface area contributed by atoms with Gasteiger partial charge in [0.1, 0.15) is 6.04 Å². The van der Waals surface area contributed by atoms with Gasteiger partial charge >= 0.3 is 5.97 Å². The van der Waals surface area contributed by atoms with Crippen molar-refractivity contribution in [3.05, 3.63) is 0 Å². The molecule has 6 nitrogen and oxygen atoms in total. The van der Waals surface area contributed by atoms with Crippen LogP contribution < -0.4 is 4.72 Å². The molecular weight excluding hydrogens is 232 g/mol. The number of hydrogen-bond acceptors (Lipinski definition) is 4. The van der Waals surface area contributed by atoms with Gasteiger partial charge in [-0.1, -0.05) is 6.92 Å². The number of aliphatic carboxylic acids is 1. The van der Waals surface area contributed by atoms with Gasteiger partial charge in [-0.15, -0.1) is 12.3 Å². The van der Waals surface area contributed by atoms with Crippen LogP contribution in [0.2, 0.25) is 0 Å². The quantitative estimate of drug-likeness (QED) is 0.623. The standard InChI is InChI=1S/C9H12N2O4S/c1-3-5-8(9(12)13)11-16(14,15)7(4-2)6-10/h1,7-8,11H,4-5H2,2H3,(H,12,13). The van der Waals surface area contributed by atoms with E-state index >= 15 is 0 Å². The summed E-state index contributed by atoms with van der Waals surface area (Å²) in [6, 6.07) is 0.192. The Morgan fingerprint density at radius 2 is 2.19 bits per heavy atom. The lowest BCUT2D eigenvalue weighted by atomic mass is 10.2. The van der Waals surface area contributed by atoms with Crippen molar-refractivity contribution in [3.8, 4) is 18.4 Å². The summed E-state index contributed by atoms with van der Waals surface area (Å²) in [6.45, 7) is 1.52. The number of nitrogens with zero attached hydrogens (tertiary/aromatic N) is 1. The molecule has 0 amide bonds. The molecule has 0 fully saturated rings. The van der Waals surface area contributed by atoms with E-state index in [4.69, 9.17) is 16.8 Å². The Kier molecular flexibility index (Phi) is 5.51. The number of nitrogens with one attached hydrogen (secondary N) is 1. The number of carbonyl (C=O) groups is 1. The van der Waals surface area contributed by atoms with Gasteiger partial charge in [-0.25, -0.2) is 8.42 Å². The highest BCUT2D eigenvalue weighted by Gasteiger charge is 2.29. The van der Waals surface area contributed by atoms with Crippen molar-refractivity contribution in [1.29, 1.82) is 5.26 Å². The molecule has 0 aromatic rings. The van der Waals surface area contributed by atoms with Crippen molar-refractivity contribution in [1.82, 2.24) is 4.72 Å². The van der Waals surface area contributed by atoms with Gasteiger partial charge in [0.15, 0.2) is 5.25 Å². The van der Waals surface area contributed by atoms with Gasteiger partial charge < -0.3 is 5.11 Å². The highest BCUT2D eigenvalue weighted by molar-refractivity contribution is 7.90. The molecule has 2 N–H and O–H groups in total. The maximum atomic E-state index is 11.5. The van der Waals surface area contributed by atoms with E-state index in [-0.39, 0.29) is 12.8 Å². The SMILES string of the molecule is C#CCC(NS(=O)(=O)C(C#N)CC)C(=O)O. The molecule has 0 heterocycles. The van der Waals surface area contributed by atoms with E-state index in [1.807, 2.05) is 4.72 Å². The van der Waals surface area contributed by atoms with E-state index in [1.165, 1.54) is 6.92 Å². The smallest absolute Gasteiger partial charge is 0.322 e. The molecule has 0 aromatic heterocycles. The van der Waals surface area contributed by atoms with Crippen LogP contribution in [0.3, 0.4) is 0 Å². The Morgan fingerprint density at radius 1 is 1.62 bits per heavy atom. The Hall–Kier alpha value is -1.57. The number of carboxylic acids is 1. The van der Waals surface area contributed by atoms with Crippen molar-refractivity contribution in [2.45, 2.75) is 31.1 Å². The first-order valence-electron chi connectivity index (χ1n) is 4.46. The largest absolute Gasteiger partial charge is 0.480 e. The van der Waals surface area contributed by atoms with Gasteiger partial charge in [0.2, 0.25) is 10.0 Å². The first-order chi connectivity index (χ1) is 7.38. The van der Waals surface area contributed by atoms with Crippen molar-refractivity contribution in [3.63, 3.8) is 0 Å². The summed E-state index contributed by atoms with van der Waals surface area (Å²) in [5, 5.41) is 16.0. The molecule has 0 spiro atoms. The Labute approximate surface area is 94.3 Å². The molecule has 0 radical (unpaired) electrons. The predicted octanol–water partition coefficient (Wildman–Crippen LogP) is -0.316. The van der Waals surface area contributed by atoms with Gasteiger partial charge in [0, 0.05) is 6.42 Å². The third-order valence-electron chi connectivity index (χ3n) is 1.82. The van der Waals surface area contributed by atoms with Crippen LogP contribution in [0, 0.1) is 23.7 Å². The lowest BCUT2D eigenvalue weighted by molar-refractivity contribution is -0.138. The summed E-state index contributed by atoms with van der Waals surface area (Å²) in [4.78, 5) is 10.7. The molecule has 88 valence electrons. The summed E-state index contributed by atoms with van der Waals surface area (Å²) < 4.78 is 24.9. The van der Waals surface area contributed by atoms with Crippen LogP contribution in [0.25, 0.3) is 0 Å². The minimum Gasteiger partial charge on any atom is -0.480 e.